The van der Waals surface area contributed by atoms with Gasteiger partial charge in [0.1, 0.15) is 0 Å². The van der Waals surface area contributed by atoms with Crippen LogP contribution in [0, 0.1) is 0 Å². The van der Waals surface area contributed by atoms with Crippen molar-refractivity contribution in [3.05, 3.63) is 132 Å². The molecule has 0 atom stereocenters. The summed E-state index contributed by atoms with van der Waals surface area (Å²) < 4.78 is 1.46. The van der Waals surface area contributed by atoms with E-state index in [1.165, 1.54) is 54.3 Å². The van der Waals surface area contributed by atoms with Gasteiger partial charge in [-0.1, -0.05) is 98.8 Å². The van der Waals surface area contributed by atoms with Gasteiger partial charge in [-0.05, 0) is 80.8 Å². The molecule has 1 saturated heterocycles. The Morgan fingerprint density at radius 3 is 2.02 bits per heavy atom. The first-order valence-corrected chi connectivity index (χ1v) is 19.4. The lowest BCUT2D eigenvalue weighted by atomic mass is 9.79. The number of allylic oxidation sites excluding steroid dienone is 8. The zero-order valence-corrected chi connectivity index (χ0v) is 30.5. The number of anilines is 1. The number of hydrogen-bond donors (Lipinski definition) is 2. The van der Waals surface area contributed by atoms with E-state index >= 15 is 0 Å². The molecule has 4 aromatic rings. The van der Waals surface area contributed by atoms with E-state index in [4.69, 9.17) is 0 Å². The second-order valence-corrected chi connectivity index (χ2v) is 17.2. The summed E-state index contributed by atoms with van der Waals surface area (Å²) in [4.78, 5) is 29.3. The standard InChI is InChI=1S/C42H40N4O2S2/c1-40(2)34-18-8-6-5-7-9-19-35-41(3,4)39-31-17-13-11-15-29(31)21-23-33(39)46(35)27-25-37(48)44-42(49-50-42)43-36(47)24-26-45(34)32-22-20-28-14-10-12-16-30(28)38(32)40/h5-23H,24-27H2,1-4H3,(H-,43,44,47,48)/p+1. The molecule has 8 heteroatoms. The summed E-state index contributed by atoms with van der Waals surface area (Å²) in [6.45, 7) is 10.1. The lowest BCUT2D eigenvalue weighted by Crippen LogP contribution is -2.49. The third kappa shape index (κ3) is 5.59. The summed E-state index contributed by atoms with van der Waals surface area (Å²) in [6.07, 6.45) is 15.3. The molecule has 1 spiro atoms. The van der Waals surface area contributed by atoms with Crippen molar-refractivity contribution in [2.75, 3.05) is 18.0 Å². The average Bonchev–Trinajstić information content (AvgIpc) is 3.75. The van der Waals surface area contributed by atoms with Gasteiger partial charge in [-0.15, -0.1) is 0 Å². The molecular formula is C42H41N4O2S2+. The van der Waals surface area contributed by atoms with E-state index in [0.717, 1.165) is 22.8 Å². The molecule has 0 aromatic heterocycles. The molecule has 0 bridgehead atoms. The van der Waals surface area contributed by atoms with Gasteiger partial charge in [0.2, 0.25) is 21.8 Å². The predicted molar refractivity (Wildman–Crippen MR) is 210 cm³/mol. The highest BCUT2D eigenvalue weighted by Gasteiger charge is 2.50. The largest absolute Gasteiger partial charge is 0.343 e. The van der Waals surface area contributed by atoms with Gasteiger partial charge >= 0.3 is 0 Å². The minimum absolute atomic E-state index is 0.0927. The summed E-state index contributed by atoms with van der Waals surface area (Å²) in [5, 5.41) is 11.1. The normalized spacial score (nSPS) is 23.9. The molecule has 2 N–H and O–H groups in total. The molecule has 8 rings (SSSR count). The number of rotatable bonds is 0. The van der Waals surface area contributed by atoms with Crippen molar-refractivity contribution >= 4 is 72.0 Å². The molecule has 252 valence electrons. The number of benzene rings is 4. The van der Waals surface area contributed by atoms with E-state index in [-0.39, 0.29) is 22.6 Å². The van der Waals surface area contributed by atoms with E-state index in [1.807, 2.05) is 0 Å². The number of carbonyl (C=O) groups excluding carboxylic acids is 2. The van der Waals surface area contributed by atoms with Crippen LogP contribution in [-0.4, -0.2) is 39.5 Å². The number of hydrogen-bond acceptors (Lipinski definition) is 5. The summed E-state index contributed by atoms with van der Waals surface area (Å²) in [7, 11) is 2.95. The molecule has 50 heavy (non-hydrogen) atoms. The molecule has 1 fully saturated rings. The highest BCUT2D eigenvalue weighted by molar-refractivity contribution is 8.93. The van der Waals surface area contributed by atoms with Gasteiger partial charge in [-0.3, -0.25) is 9.59 Å². The average molecular weight is 698 g/mol. The van der Waals surface area contributed by atoms with Crippen LogP contribution < -0.4 is 15.5 Å². The van der Waals surface area contributed by atoms with Gasteiger partial charge in [0.15, 0.2) is 12.3 Å². The third-order valence-corrected chi connectivity index (χ3v) is 12.9. The zero-order valence-electron chi connectivity index (χ0n) is 28.8. The van der Waals surface area contributed by atoms with E-state index in [0.29, 0.717) is 25.9 Å². The van der Waals surface area contributed by atoms with Crippen molar-refractivity contribution in [2.24, 2.45) is 0 Å². The SMILES string of the molecule is CC1(C)C2=[N+](CCC(=O)NC3(NC(=O)CCN4/C(=C/C=C/C=C/C=C/2)C(C)(C)c2c4ccc4ccccc24)SS3)c2ccc3ccccc3c21. The Kier molecular flexibility index (Phi) is 8.07. The third-order valence-electron chi connectivity index (χ3n) is 10.4. The smallest absolute Gasteiger partial charge is 0.231 e. The predicted octanol–water partition coefficient (Wildman–Crippen LogP) is 8.75. The monoisotopic (exact) mass is 697 g/mol. The second kappa shape index (κ2) is 12.4. The van der Waals surface area contributed by atoms with Crippen LogP contribution in [0.5, 0.6) is 0 Å². The summed E-state index contributed by atoms with van der Waals surface area (Å²) >= 11 is 0. The zero-order chi connectivity index (χ0) is 34.7. The van der Waals surface area contributed by atoms with Crippen LogP contribution in [0.15, 0.2) is 121 Å². The quantitative estimate of drug-likeness (QED) is 0.109. The highest BCUT2D eigenvalue weighted by atomic mass is 33.2. The maximum atomic E-state index is 13.5. The number of fused-ring (bicyclic) bond motifs is 9. The Hall–Kier alpha value is -4.53. The molecule has 4 aliphatic heterocycles. The van der Waals surface area contributed by atoms with Crippen molar-refractivity contribution < 1.29 is 14.2 Å². The number of carbonyl (C=O) groups is 2. The van der Waals surface area contributed by atoms with Crippen molar-refractivity contribution in [3.63, 3.8) is 0 Å². The van der Waals surface area contributed by atoms with E-state index in [1.54, 1.807) is 0 Å². The van der Waals surface area contributed by atoms with Gasteiger partial charge in [0.05, 0.1) is 11.8 Å². The Balaban J connectivity index is 1.17. The van der Waals surface area contributed by atoms with Crippen LogP contribution in [0.3, 0.4) is 0 Å². The molecule has 2 amide bonds. The van der Waals surface area contributed by atoms with Gasteiger partial charge < -0.3 is 15.5 Å². The lowest BCUT2D eigenvalue weighted by Gasteiger charge is -2.27. The topological polar surface area (TPSA) is 64.5 Å². The van der Waals surface area contributed by atoms with Crippen molar-refractivity contribution in [2.45, 2.75) is 55.7 Å². The fourth-order valence-corrected chi connectivity index (χ4v) is 9.57. The van der Waals surface area contributed by atoms with Gasteiger partial charge in [0.25, 0.3) is 0 Å². The molecule has 0 radical (unpaired) electrons. The van der Waals surface area contributed by atoms with Gasteiger partial charge in [0, 0.05) is 47.5 Å². The summed E-state index contributed by atoms with van der Waals surface area (Å²) in [5.41, 5.74) is 6.56. The minimum atomic E-state index is -0.829. The number of amides is 2. The fourth-order valence-electron chi connectivity index (χ4n) is 8.11. The first-order valence-electron chi connectivity index (χ1n) is 17.3. The van der Waals surface area contributed by atoms with Crippen LogP contribution in [0.2, 0.25) is 0 Å². The van der Waals surface area contributed by atoms with Crippen LogP contribution in [0.25, 0.3) is 21.5 Å². The van der Waals surface area contributed by atoms with Crippen LogP contribution in [0.1, 0.15) is 51.7 Å². The van der Waals surface area contributed by atoms with E-state index in [2.05, 4.69) is 163 Å². The molecule has 4 aliphatic rings. The maximum Gasteiger partial charge on any atom is 0.231 e. The minimum Gasteiger partial charge on any atom is -0.343 e. The summed E-state index contributed by atoms with van der Waals surface area (Å²) in [5.74, 6) is -0.185. The molecule has 4 heterocycles. The first kappa shape index (κ1) is 32.7. The van der Waals surface area contributed by atoms with Crippen molar-refractivity contribution in [1.29, 1.82) is 0 Å². The molecule has 6 nitrogen and oxygen atoms in total. The van der Waals surface area contributed by atoms with Crippen molar-refractivity contribution in [1.82, 2.24) is 10.6 Å². The van der Waals surface area contributed by atoms with E-state index in [9.17, 15) is 9.59 Å². The Morgan fingerprint density at radius 2 is 1.30 bits per heavy atom. The maximum absolute atomic E-state index is 13.5. The van der Waals surface area contributed by atoms with Gasteiger partial charge in [-0.25, -0.2) is 0 Å². The molecule has 0 unspecified atom stereocenters. The summed E-state index contributed by atoms with van der Waals surface area (Å²) in [6, 6.07) is 25.8. The fraction of sp³-hybridized carbons (Fsp3) is 0.262. The highest BCUT2D eigenvalue weighted by Crippen LogP contribution is 2.60. The van der Waals surface area contributed by atoms with Crippen LogP contribution >= 0.6 is 21.6 Å². The van der Waals surface area contributed by atoms with Gasteiger partial charge in [-0.2, -0.15) is 4.58 Å². The van der Waals surface area contributed by atoms with E-state index < -0.39 is 4.33 Å². The lowest BCUT2D eigenvalue weighted by molar-refractivity contribution is -0.436. The number of nitrogens with zero attached hydrogens (tertiary/aromatic N) is 2. The molecule has 0 saturated carbocycles. The Labute approximate surface area is 301 Å². The van der Waals surface area contributed by atoms with Crippen LogP contribution in [0.4, 0.5) is 11.4 Å². The second-order valence-electron chi connectivity index (χ2n) is 14.4. The first-order chi connectivity index (χ1) is 24.1. The van der Waals surface area contributed by atoms with Crippen LogP contribution in [-0.2, 0) is 20.4 Å². The Morgan fingerprint density at radius 1 is 0.680 bits per heavy atom. The number of nitrogens with one attached hydrogen (secondary N) is 2. The molecular weight excluding hydrogens is 657 g/mol. The molecule has 4 aromatic carbocycles. The molecule has 0 aliphatic carbocycles. The van der Waals surface area contributed by atoms with Crippen molar-refractivity contribution in [3.8, 4) is 0 Å². The Bertz CT molecular complexity index is 2240.